The monoisotopic (exact) mass is 292 g/mol. The number of rotatable bonds is 2. The number of carbonyl (C=O) groups is 1. The Balaban J connectivity index is 1.66. The van der Waals surface area contributed by atoms with Crippen LogP contribution in [-0.2, 0) is 0 Å². The van der Waals surface area contributed by atoms with Crippen molar-refractivity contribution in [1.82, 2.24) is 19.3 Å². The quantitative estimate of drug-likeness (QED) is 0.729. The second kappa shape index (κ2) is 5.26. The van der Waals surface area contributed by atoms with Crippen LogP contribution in [0.2, 0.25) is 0 Å². The minimum atomic E-state index is 0.0713. The lowest BCUT2D eigenvalue weighted by Crippen LogP contribution is -2.30. The lowest BCUT2D eigenvalue weighted by Gasteiger charge is -2.25. The maximum atomic E-state index is 12.9. The van der Waals surface area contributed by atoms with Crippen molar-refractivity contribution < 1.29 is 4.79 Å². The maximum absolute atomic E-state index is 12.9. The third kappa shape index (κ3) is 2.15. The van der Waals surface area contributed by atoms with Gasteiger partial charge >= 0.3 is 0 Å². The van der Waals surface area contributed by atoms with Crippen LogP contribution in [0.5, 0.6) is 0 Å². The molecule has 0 bridgehead atoms. The Morgan fingerprint density at radius 2 is 2.18 bits per heavy atom. The Morgan fingerprint density at radius 1 is 1.23 bits per heavy atom. The molecule has 3 aromatic heterocycles. The molecule has 0 unspecified atom stereocenters. The van der Waals surface area contributed by atoms with Crippen LogP contribution in [0.15, 0.2) is 55.2 Å². The first-order valence-electron chi connectivity index (χ1n) is 7.46. The molecule has 0 aliphatic carbocycles. The smallest absolute Gasteiger partial charge is 0.255 e. The molecular formula is C17H16N4O. The topological polar surface area (TPSA) is 50.5 Å². The summed E-state index contributed by atoms with van der Waals surface area (Å²) in [4.78, 5) is 23.2. The minimum Gasteiger partial charge on any atom is -0.332 e. The number of hydrogen-bond donors (Lipinski definition) is 0. The Kier molecular flexibility index (Phi) is 3.11. The van der Waals surface area contributed by atoms with Crippen LogP contribution in [0.3, 0.4) is 0 Å². The van der Waals surface area contributed by atoms with Crippen LogP contribution < -0.4 is 0 Å². The molecule has 1 atom stereocenters. The fourth-order valence-electron chi connectivity index (χ4n) is 3.14. The maximum Gasteiger partial charge on any atom is 0.255 e. The van der Waals surface area contributed by atoms with E-state index >= 15 is 0 Å². The van der Waals surface area contributed by atoms with Gasteiger partial charge in [-0.15, -0.1) is 0 Å². The van der Waals surface area contributed by atoms with Crippen LogP contribution in [0, 0.1) is 0 Å². The van der Waals surface area contributed by atoms with E-state index in [9.17, 15) is 4.79 Å². The van der Waals surface area contributed by atoms with Gasteiger partial charge in [-0.1, -0.05) is 6.07 Å². The number of fused-ring (bicyclic) bond motifs is 1. The molecule has 3 aromatic rings. The minimum absolute atomic E-state index is 0.0713. The zero-order valence-electron chi connectivity index (χ0n) is 12.1. The highest BCUT2D eigenvalue weighted by molar-refractivity contribution is 5.94. The predicted molar refractivity (Wildman–Crippen MR) is 82.4 cm³/mol. The van der Waals surface area contributed by atoms with E-state index in [1.165, 1.54) is 0 Å². The molecule has 1 aliphatic rings. The van der Waals surface area contributed by atoms with Crippen molar-refractivity contribution in [2.24, 2.45) is 0 Å². The summed E-state index contributed by atoms with van der Waals surface area (Å²) in [5.41, 5.74) is 2.65. The molecule has 5 heteroatoms. The van der Waals surface area contributed by atoms with Gasteiger partial charge in [0.15, 0.2) is 0 Å². The molecule has 0 saturated carbocycles. The van der Waals surface area contributed by atoms with Crippen molar-refractivity contribution in [1.29, 1.82) is 0 Å². The number of amides is 1. The van der Waals surface area contributed by atoms with E-state index in [0.717, 1.165) is 30.6 Å². The number of nitrogens with zero attached hydrogens (tertiary/aromatic N) is 4. The molecule has 1 amide bonds. The van der Waals surface area contributed by atoms with Crippen molar-refractivity contribution >= 4 is 11.6 Å². The first-order valence-corrected chi connectivity index (χ1v) is 7.46. The van der Waals surface area contributed by atoms with E-state index in [2.05, 4.69) is 9.97 Å². The summed E-state index contributed by atoms with van der Waals surface area (Å²) in [5, 5.41) is 0. The van der Waals surface area contributed by atoms with Gasteiger partial charge in [-0.3, -0.25) is 9.78 Å². The summed E-state index contributed by atoms with van der Waals surface area (Å²) in [5.74, 6) is 0.0713. The van der Waals surface area contributed by atoms with Crippen LogP contribution in [-0.4, -0.2) is 31.7 Å². The number of pyridine rings is 2. The molecule has 0 N–H and O–H groups in total. The highest BCUT2D eigenvalue weighted by atomic mass is 16.2. The third-order valence-electron chi connectivity index (χ3n) is 4.22. The van der Waals surface area contributed by atoms with Gasteiger partial charge in [0, 0.05) is 37.5 Å². The van der Waals surface area contributed by atoms with E-state index in [4.69, 9.17) is 0 Å². The van der Waals surface area contributed by atoms with Crippen LogP contribution in [0.4, 0.5) is 0 Å². The van der Waals surface area contributed by atoms with E-state index in [0.29, 0.717) is 5.56 Å². The van der Waals surface area contributed by atoms with Gasteiger partial charge < -0.3 is 9.30 Å². The molecule has 110 valence electrons. The van der Waals surface area contributed by atoms with Gasteiger partial charge in [-0.2, -0.15) is 0 Å². The van der Waals surface area contributed by atoms with Crippen molar-refractivity contribution in [3.05, 3.63) is 66.4 Å². The number of carbonyl (C=O) groups excluding carboxylic acids is 1. The molecule has 1 aliphatic heterocycles. The van der Waals surface area contributed by atoms with Crippen LogP contribution in [0.1, 0.15) is 34.8 Å². The summed E-state index contributed by atoms with van der Waals surface area (Å²) in [7, 11) is 0. The van der Waals surface area contributed by atoms with Gasteiger partial charge in [-0.05, 0) is 36.6 Å². The summed E-state index contributed by atoms with van der Waals surface area (Å²) >= 11 is 0. The Bertz CT molecular complexity index is 812. The van der Waals surface area contributed by atoms with Crippen LogP contribution >= 0.6 is 0 Å². The largest absolute Gasteiger partial charge is 0.332 e. The zero-order chi connectivity index (χ0) is 14.9. The average molecular weight is 292 g/mol. The van der Waals surface area contributed by atoms with Gasteiger partial charge in [0.1, 0.15) is 5.65 Å². The summed E-state index contributed by atoms with van der Waals surface area (Å²) in [6, 6.07) is 7.82. The van der Waals surface area contributed by atoms with Crippen molar-refractivity contribution in [3.63, 3.8) is 0 Å². The average Bonchev–Trinajstić information content (AvgIpc) is 3.23. The Hall–Kier alpha value is -2.69. The molecular weight excluding hydrogens is 276 g/mol. The molecule has 5 nitrogen and oxygen atoms in total. The van der Waals surface area contributed by atoms with Crippen molar-refractivity contribution in [2.45, 2.75) is 18.9 Å². The number of aromatic nitrogens is 3. The fourth-order valence-corrected chi connectivity index (χ4v) is 3.14. The molecule has 22 heavy (non-hydrogen) atoms. The second-order valence-corrected chi connectivity index (χ2v) is 5.55. The van der Waals surface area contributed by atoms with Gasteiger partial charge in [0.25, 0.3) is 5.91 Å². The molecule has 1 saturated heterocycles. The summed E-state index contributed by atoms with van der Waals surface area (Å²) in [6.07, 6.45) is 11.1. The normalized spacial score (nSPS) is 18.0. The first-order chi connectivity index (χ1) is 10.8. The lowest BCUT2D eigenvalue weighted by molar-refractivity contribution is 0.0735. The van der Waals surface area contributed by atoms with E-state index in [1.54, 1.807) is 12.4 Å². The SMILES string of the molecule is O=C(c1ccc2nccn2c1)N1CCC[C@@H]1c1cccnc1. The lowest BCUT2D eigenvalue weighted by atomic mass is 10.1. The molecule has 4 heterocycles. The summed E-state index contributed by atoms with van der Waals surface area (Å²) in [6.45, 7) is 0.792. The predicted octanol–water partition coefficient (Wildman–Crippen LogP) is 2.71. The van der Waals surface area contributed by atoms with Gasteiger partial charge in [0.2, 0.25) is 0 Å². The number of imidazole rings is 1. The van der Waals surface area contributed by atoms with Crippen molar-refractivity contribution in [3.8, 4) is 0 Å². The summed E-state index contributed by atoms with van der Waals surface area (Å²) < 4.78 is 1.88. The number of likely N-dealkylation sites (tertiary alicyclic amines) is 1. The molecule has 0 aromatic carbocycles. The van der Waals surface area contributed by atoms with E-state index < -0.39 is 0 Å². The first kappa shape index (κ1) is 13.0. The third-order valence-corrected chi connectivity index (χ3v) is 4.22. The fraction of sp³-hybridized carbons (Fsp3) is 0.235. The molecule has 0 radical (unpaired) electrons. The zero-order valence-corrected chi connectivity index (χ0v) is 12.1. The second-order valence-electron chi connectivity index (χ2n) is 5.55. The highest BCUT2D eigenvalue weighted by Gasteiger charge is 2.30. The van der Waals surface area contributed by atoms with E-state index in [-0.39, 0.29) is 11.9 Å². The van der Waals surface area contributed by atoms with Crippen LogP contribution in [0.25, 0.3) is 5.65 Å². The number of hydrogen-bond acceptors (Lipinski definition) is 3. The standard InChI is InChI=1S/C17H16N4O/c22-17(14-5-6-16-19-8-10-20(16)12-14)21-9-2-4-15(21)13-3-1-7-18-11-13/h1,3,5-8,10-12,15H,2,4,9H2/t15-/m1/s1. The van der Waals surface area contributed by atoms with Gasteiger partial charge in [0.05, 0.1) is 11.6 Å². The van der Waals surface area contributed by atoms with E-state index in [1.807, 2.05) is 52.2 Å². The highest BCUT2D eigenvalue weighted by Crippen LogP contribution is 2.32. The molecule has 0 spiro atoms. The molecule has 1 fully saturated rings. The Morgan fingerprint density at radius 3 is 3.05 bits per heavy atom. The van der Waals surface area contributed by atoms with Crippen molar-refractivity contribution in [2.75, 3.05) is 6.54 Å². The Labute approximate surface area is 128 Å². The molecule has 4 rings (SSSR count). The van der Waals surface area contributed by atoms with Gasteiger partial charge in [-0.25, -0.2) is 4.98 Å².